The Bertz CT molecular complexity index is 407. The summed E-state index contributed by atoms with van der Waals surface area (Å²) in [4.78, 5) is 10.6. The third kappa shape index (κ3) is 4.03. The van der Waals surface area contributed by atoms with Crippen molar-refractivity contribution in [1.82, 2.24) is 0 Å². The predicted molar refractivity (Wildman–Crippen MR) is 62.7 cm³/mol. The van der Waals surface area contributed by atoms with Gasteiger partial charge in [-0.15, -0.1) is 0 Å². The maximum atomic E-state index is 13.5. The molecule has 0 radical (unpaired) electrons. The fourth-order valence-corrected chi connectivity index (χ4v) is 1.60. The molecule has 0 fully saturated rings. The Morgan fingerprint density at radius 2 is 2.12 bits per heavy atom. The van der Waals surface area contributed by atoms with Gasteiger partial charge in [0.25, 0.3) is 0 Å². The number of aliphatic hydroxyl groups excluding tert-OH is 1. The number of carboxylic acids is 1. The molecule has 0 saturated carbocycles. The first-order valence-electron chi connectivity index (χ1n) is 5.37. The van der Waals surface area contributed by atoms with Crippen molar-refractivity contribution in [3.8, 4) is 0 Å². The van der Waals surface area contributed by atoms with Crippen LogP contribution in [0.15, 0.2) is 18.2 Å². The monoisotopic (exact) mass is 241 g/mol. The van der Waals surface area contributed by atoms with E-state index < -0.39 is 17.9 Å². The minimum Gasteiger partial charge on any atom is -0.478 e. The van der Waals surface area contributed by atoms with Crippen LogP contribution in [0.1, 0.15) is 30.6 Å². The van der Waals surface area contributed by atoms with Crippen LogP contribution in [0.25, 0.3) is 0 Å². The summed E-state index contributed by atoms with van der Waals surface area (Å²) >= 11 is 0. The Morgan fingerprint density at radius 3 is 2.59 bits per heavy atom. The van der Waals surface area contributed by atoms with Crippen molar-refractivity contribution >= 4 is 11.7 Å². The van der Waals surface area contributed by atoms with Crippen LogP contribution in [0.3, 0.4) is 0 Å². The van der Waals surface area contributed by atoms with Crippen LogP contribution in [0.4, 0.5) is 10.1 Å². The average Bonchev–Trinajstić information content (AvgIpc) is 2.19. The highest BCUT2D eigenvalue weighted by Crippen LogP contribution is 2.17. The lowest BCUT2D eigenvalue weighted by molar-refractivity contribution is 0.0696. The first-order chi connectivity index (χ1) is 7.90. The third-order valence-corrected chi connectivity index (χ3v) is 2.31. The number of hydrogen-bond donors (Lipinski definition) is 3. The van der Waals surface area contributed by atoms with Crippen molar-refractivity contribution in [3.63, 3.8) is 0 Å². The molecule has 0 aliphatic heterocycles. The number of hydrogen-bond acceptors (Lipinski definition) is 3. The van der Waals surface area contributed by atoms with Crippen molar-refractivity contribution in [3.05, 3.63) is 29.6 Å². The number of anilines is 1. The Morgan fingerprint density at radius 1 is 1.47 bits per heavy atom. The maximum Gasteiger partial charge on any atom is 0.335 e. The van der Waals surface area contributed by atoms with Gasteiger partial charge >= 0.3 is 5.97 Å². The van der Waals surface area contributed by atoms with Crippen LogP contribution >= 0.6 is 0 Å². The molecule has 0 heterocycles. The van der Waals surface area contributed by atoms with Crippen LogP contribution in [0.2, 0.25) is 0 Å². The summed E-state index contributed by atoms with van der Waals surface area (Å²) in [6.07, 6.45) is 0.0129. The highest BCUT2D eigenvalue weighted by atomic mass is 19.1. The van der Waals surface area contributed by atoms with Crippen molar-refractivity contribution in [2.24, 2.45) is 0 Å². The quantitative estimate of drug-likeness (QED) is 0.738. The summed E-state index contributed by atoms with van der Waals surface area (Å²) < 4.78 is 13.5. The van der Waals surface area contributed by atoms with Gasteiger partial charge in [0.05, 0.1) is 17.4 Å². The van der Waals surface area contributed by atoms with E-state index in [0.29, 0.717) is 6.42 Å². The van der Waals surface area contributed by atoms with E-state index in [9.17, 15) is 14.3 Å². The highest BCUT2D eigenvalue weighted by Gasteiger charge is 2.11. The number of carbonyl (C=O) groups is 1. The molecule has 17 heavy (non-hydrogen) atoms. The van der Waals surface area contributed by atoms with Gasteiger partial charge in [-0.05, 0) is 38.5 Å². The SMILES string of the molecule is CC(O)CC(C)Nc1ccc(C(=O)O)cc1F. The zero-order chi connectivity index (χ0) is 13.0. The van der Waals surface area contributed by atoms with Crippen LogP contribution in [0, 0.1) is 5.82 Å². The minimum atomic E-state index is -1.16. The van der Waals surface area contributed by atoms with E-state index >= 15 is 0 Å². The molecule has 2 atom stereocenters. The van der Waals surface area contributed by atoms with Crippen LogP contribution in [-0.2, 0) is 0 Å². The standard InChI is InChI=1S/C12H16FNO3/c1-7(5-8(2)15)14-11-4-3-9(12(16)17)6-10(11)13/h3-4,6-8,14-15H,5H2,1-2H3,(H,16,17). The van der Waals surface area contributed by atoms with Crippen molar-refractivity contribution in [1.29, 1.82) is 0 Å². The van der Waals surface area contributed by atoms with Crippen LogP contribution in [-0.4, -0.2) is 28.3 Å². The molecular weight excluding hydrogens is 225 g/mol. The Hall–Kier alpha value is -1.62. The summed E-state index contributed by atoms with van der Waals surface area (Å²) in [6, 6.07) is 3.60. The van der Waals surface area contributed by atoms with E-state index in [1.807, 2.05) is 6.92 Å². The van der Waals surface area contributed by atoms with Gasteiger partial charge in [0.2, 0.25) is 0 Å². The second kappa shape index (κ2) is 5.63. The number of aliphatic hydroxyl groups is 1. The van der Waals surface area contributed by atoms with Gasteiger partial charge in [-0.3, -0.25) is 0 Å². The van der Waals surface area contributed by atoms with Gasteiger partial charge in [-0.2, -0.15) is 0 Å². The van der Waals surface area contributed by atoms with Gasteiger partial charge < -0.3 is 15.5 Å². The average molecular weight is 241 g/mol. The molecule has 4 nitrogen and oxygen atoms in total. The molecule has 0 amide bonds. The normalized spacial score (nSPS) is 14.1. The molecule has 0 aliphatic rings. The zero-order valence-electron chi connectivity index (χ0n) is 9.77. The molecule has 0 spiro atoms. The minimum absolute atomic E-state index is 0.0868. The number of aromatic carboxylic acids is 1. The fraction of sp³-hybridized carbons (Fsp3) is 0.417. The van der Waals surface area contributed by atoms with E-state index in [1.54, 1.807) is 6.92 Å². The van der Waals surface area contributed by atoms with E-state index in [2.05, 4.69) is 5.32 Å². The van der Waals surface area contributed by atoms with Gasteiger partial charge in [0, 0.05) is 6.04 Å². The van der Waals surface area contributed by atoms with E-state index in [1.165, 1.54) is 12.1 Å². The fourth-order valence-electron chi connectivity index (χ4n) is 1.60. The predicted octanol–water partition coefficient (Wildman–Crippen LogP) is 2.10. The Labute approximate surface area is 99.1 Å². The molecule has 3 N–H and O–H groups in total. The molecular formula is C12H16FNO3. The number of carboxylic acid groups (broad SMARTS) is 1. The largest absolute Gasteiger partial charge is 0.478 e. The van der Waals surface area contributed by atoms with Crippen molar-refractivity contribution < 1.29 is 19.4 Å². The summed E-state index contributed by atoms with van der Waals surface area (Å²) in [7, 11) is 0. The van der Waals surface area contributed by atoms with Crippen LogP contribution < -0.4 is 5.32 Å². The van der Waals surface area contributed by atoms with Crippen molar-refractivity contribution in [2.75, 3.05) is 5.32 Å². The van der Waals surface area contributed by atoms with Gasteiger partial charge in [-0.25, -0.2) is 9.18 Å². The zero-order valence-corrected chi connectivity index (χ0v) is 9.77. The molecule has 1 aromatic rings. The van der Waals surface area contributed by atoms with Gasteiger partial charge in [-0.1, -0.05) is 0 Å². The lowest BCUT2D eigenvalue weighted by atomic mass is 10.1. The van der Waals surface area contributed by atoms with Crippen molar-refractivity contribution in [2.45, 2.75) is 32.4 Å². The summed E-state index contributed by atoms with van der Waals surface area (Å²) in [5.74, 6) is -1.77. The molecule has 1 rings (SSSR count). The Kier molecular flexibility index (Phi) is 4.45. The molecule has 0 aromatic heterocycles. The topological polar surface area (TPSA) is 69.6 Å². The second-order valence-corrected chi connectivity index (χ2v) is 4.13. The third-order valence-electron chi connectivity index (χ3n) is 2.31. The molecule has 0 saturated heterocycles. The lowest BCUT2D eigenvalue weighted by Gasteiger charge is -2.17. The smallest absolute Gasteiger partial charge is 0.335 e. The van der Waals surface area contributed by atoms with Gasteiger partial charge in [0.1, 0.15) is 5.82 Å². The van der Waals surface area contributed by atoms with E-state index in [-0.39, 0.29) is 17.3 Å². The highest BCUT2D eigenvalue weighted by molar-refractivity contribution is 5.88. The first kappa shape index (κ1) is 13.4. The molecule has 2 unspecified atom stereocenters. The molecule has 94 valence electrons. The number of benzene rings is 1. The molecule has 5 heteroatoms. The Balaban J connectivity index is 2.75. The summed E-state index contributed by atoms with van der Waals surface area (Å²) in [5.41, 5.74) is 0.152. The summed E-state index contributed by atoms with van der Waals surface area (Å²) in [6.45, 7) is 3.47. The van der Waals surface area contributed by atoms with E-state index in [0.717, 1.165) is 6.07 Å². The number of nitrogens with one attached hydrogen (secondary N) is 1. The lowest BCUT2D eigenvalue weighted by Crippen LogP contribution is -2.21. The van der Waals surface area contributed by atoms with Crippen LogP contribution in [0.5, 0.6) is 0 Å². The maximum absolute atomic E-state index is 13.5. The van der Waals surface area contributed by atoms with E-state index in [4.69, 9.17) is 5.11 Å². The molecule has 0 aliphatic carbocycles. The van der Waals surface area contributed by atoms with Gasteiger partial charge in [0.15, 0.2) is 0 Å². The number of rotatable bonds is 5. The number of halogens is 1. The molecule has 0 bridgehead atoms. The first-order valence-corrected chi connectivity index (χ1v) is 5.37. The molecule has 1 aromatic carbocycles. The second-order valence-electron chi connectivity index (χ2n) is 4.13. The summed E-state index contributed by atoms with van der Waals surface area (Å²) in [5, 5.41) is 20.7.